The summed E-state index contributed by atoms with van der Waals surface area (Å²) in [6, 6.07) is 0.254. The molecular weight excluding hydrogens is 272 g/mol. The minimum atomic E-state index is 0.254. The number of aromatic nitrogens is 2. The molecule has 2 unspecified atom stereocenters. The monoisotopic (exact) mass is 300 g/mol. The minimum Gasteiger partial charge on any atom is -0.271 e. The van der Waals surface area contributed by atoms with Crippen molar-refractivity contribution in [2.24, 2.45) is 18.8 Å². The molecule has 4 nitrogen and oxygen atoms in total. The van der Waals surface area contributed by atoms with E-state index in [4.69, 9.17) is 17.4 Å². The van der Waals surface area contributed by atoms with Crippen LogP contribution in [0.25, 0.3) is 0 Å². The molecule has 0 aliphatic rings. The summed E-state index contributed by atoms with van der Waals surface area (Å²) in [5, 5.41) is 5.29. The zero-order valence-corrected chi connectivity index (χ0v) is 14.0. The lowest BCUT2D eigenvalue weighted by molar-refractivity contribution is 0.314. The van der Waals surface area contributed by atoms with E-state index in [-0.39, 0.29) is 6.04 Å². The van der Waals surface area contributed by atoms with Gasteiger partial charge in [0.15, 0.2) is 0 Å². The summed E-state index contributed by atoms with van der Waals surface area (Å²) in [5.41, 5.74) is 5.05. The van der Waals surface area contributed by atoms with E-state index in [1.807, 2.05) is 11.7 Å². The van der Waals surface area contributed by atoms with Crippen LogP contribution in [0.5, 0.6) is 0 Å². The summed E-state index contributed by atoms with van der Waals surface area (Å²) >= 11 is 6.43. The Labute approximate surface area is 128 Å². The van der Waals surface area contributed by atoms with Crippen molar-refractivity contribution in [3.8, 4) is 0 Å². The Morgan fingerprint density at radius 1 is 1.35 bits per heavy atom. The fraction of sp³-hybridized carbons (Fsp3) is 0.800. The zero-order chi connectivity index (χ0) is 15.1. The number of hydrazine groups is 1. The Hall–Kier alpha value is -0.580. The van der Waals surface area contributed by atoms with Gasteiger partial charge in [-0.15, -0.1) is 0 Å². The van der Waals surface area contributed by atoms with Gasteiger partial charge in [0.05, 0.1) is 16.4 Å². The van der Waals surface area contributed by atoms with Gasteiger partial charge in [0, 0.05) is 19.5 Å². The quantitative estimate of drug-likeness (QED) is 0.544. The Balaban J connectivity index is 2.84. The van der Waals surface area contributed by atoms with Crippen molar-refractivity contribution in [3.05, 3.63) is 16.4 Å². The maximum absolute atomic E-state index is 6.43. The van der Waals surface area contributed by atoms with Crippen molar-refractivity contribution in [2.75, 3.05) is 0 Å². The molecule has 0 aliphatic carbocycles. The number of hydrogen-bond acceptors (Lipinski definition) is 3. The molecule has 0 bridgehead atoms. The molecule has 5 heteroatoms. The van der Waals surface area contributed by atoms with Gasteiger partial charge < -0.3 is 0 Å². The first kappa shape index (κ1) is 17.5. The Kier molecular flexibility index (Phi) is 7.56. The molecule has 0 saturated heterocycles. The topological polar surface area (TPSA) is 55.9 Å². The molecular formula is C15H29ClN4. The lowest BCUT2D eigenvalue weighted by atomic mass is 9.89. The number of aryl methyl sites for hydroxylation is 2. The van der Waals surface area contributed by atoms with E-state index in [0.717, 1.165) is 35.7 Å². The van der Waals surface area contributed by atoms with Crippen molar-refractivity contribution in [1.82, 2.24) is 15.2 Å². The summed E-state index contributed by atoms with van der Waals surface area (Å²) in [6.45, 7) is 6.53. The number of nitrogens with two attached hydrogens (primary N) is 1. The third kappa shape index (κ3) is 4.21. The summed E-state index contributed by atoms with van der Waals surface area (Å²) in [5.74, 6) is 6.37. The number of unbranched alkanes of at least 4 members (excludes halogenated alkanes) is 1. The van der Waals surface area contributed by atoms with Crippen LogP contribution in [0.2, 0.25) is 5.02 Å². The average molecular weight is 301 g/mol. The van der Waals surface area contributed by atoms with Crippen LogP contribution in [0.1, 0.15) is 57.8 Å². The van der Waals surface area contributed by atoms with Gasteiger partial charge in [0.25, 0.3) is 0 Å². The van der Waals surface area contributed by atoms with Gasteiger partial charge in [-0.05, 0) is 18.8 Å². The first-order valence-corrected chi connectivity index (χ1v) is 8.13. The Bertz CT molecular complexity index is 403. The van der Waals surface area contributed by atoms with Crippen LogP contribution in [-0.2, 0) is 19.9 Å². The molecule has 1 rings (SSSR count). The second-order valence-electron chi connectivity index (χ2n) is 5.47. The van der Waals surface area contributed by atoms with Crippen LogP contribution in [-0.4, -0.2) is 15.8 Å². The number of rotatable bonds is 9. The van der Waals surface area contributed by atoms with Gasteiger partial charge in [0.2, 0.25) is 0 Å². The van der Waals surface area contributed by atoms with Crippen molar-refractivity contribution in [2.45, 2.75) is 65.3 Å². The maximum atomic E-state index is 6.43. The Morgan fingerprint density at radius 2 is 2.05 bits per heavy atom. The van der Waals surface area contributed by atoms with Crippen molar-refractivity contribution in [1.29, 1.82) is 0 Å². The third-order valence-corrected chi connectivity index (χ3v) is 4.59. The van der Waals surface area contributed by atoms with E-state index < -0.39 is 0 Å². The second kappa shape index (κ2) is 8.65. The number of nitrogens with zero attached hydrogens (tertiary/aromatic N) is 2. The molecule has 2 atom stereocenters. The van der Waals surface area contributed by atoms with Crippen LogP contribution >= 0.6 is 11.6 Å². The lowest BCUT2D eigenvalue weighted by Crippen LogP contribution is -2.42. The average Bonchev–Trinajstić information content (AvgIpc) is 2.73. The van der Waals surface area contributed by atoms with Gasteiger partial charge >= 0.3 is 0 Å². The number of nitrogens with one attached hydrogen (secondary N) is 1. The molecule has 0 aromatic carbocycles. The second-order valence-corrected chi connectivity index (χ2v) is 5.85. The minimum absolute atomic E-state index is 0.254. The van der Waals surface area contributed by atoms with Gasteiger partial charge in [-0.25, -0.2) is 0 Å². The highest BCUT2D eigenvalue weighted by molar-refractivity contribution is 6.31. The molecule has 0 radical (unpaired) electrons. The molecule has 1 heterocycles. The van der Waals surface area contributed by atoms with Crippen LogP contribution in [0.4, 0.5) is 0 Å². The van der Waals surface area contributed by atoms with Crippen molar-refractivity contribution >= 4 is 11.6 Å². The van der Waals surface area contributed by atoms with Crippen molar-refractivity contribution < 1.29 is 0 Å². The molecule has 1 aromatic heterocycles. The van der Waals surface area contributed by atoms with Gasteiger partial charge in [-0.2, -0.15) is 5.10 Å². The molecule has 0 saturated carbocycles. The summed E-state index contributed by atoms with van der Waals surface area (Å²) in [7, 11) is 1.96. The highest BCUT2D eigenvalue weighted by Crippen LogP contribution is 2.25. The van der Waals surface area contributed by atoms with Gasteiger partial charge in [-0.1, -0.05) is 51.6 Å². The molecule has 0 amide bonds. The normalized spacial score (nSPS) is 14.5. The van der Waals surface area contributed by atoms with Crippen LogP contribution in [0.15, 0.2) is 0 Å². The first-order chi connectivity index (χ1) is 9.58. The summed E-state index contributed by atoms with van der Waals surface area (Å²) in [4.78, 5) is 0. The fourth-order valence-electron chi connectivity index (χ4n) is 2.77. The highest BCUT2D eigenvalue weighted by atomic mass is 35.5. The van der Waals surface area contributed by atoms with E-state index in [9.17, 15) is 0 Å². The standard InChI is InChI=1S/C15H29ClN4/c1-5-8-9-11(6-2)13(18-17)10-14-15(16)12(7-3)19-20(14)4/h11,13,18H,5-10,17H2,1-4H3. The van der Waals surface area contributed by atoms with E-state index in [1.54, 1.807) is 0 Å². The van der Waals surface area contributed by atoms with Crippen molar-refractivity contribution in [3.63, 3.8) is 0 Å². The van der Waals surface area contributed by atoms with E-state index in [1.165, 1.54) is 19.3 Å². The molecule has 116 valence electrons. The predicted molar refractivity (Wildman–Crippen MR) is 85.7 cm³/mol. The zero-order valence-electron chi connectivity index (χ0n) is 13.2. The number of halogens is 1. The van der Waals surface area contributed by atoms with Gasteiger partial charge in [-0.3, -0.25) is 16.0 Å². The van der Waals surface area contributed by atoms with Crippen LogP contribution < -0.4 is 11.3 Å². The van der Waals surface area contributed by atoms with Gasteiger partial charge in [0.1, 0.15) is 0 Å². The lowest BCUT2D eigenvalue weighted by Gasteiger charge is -2.25. The fourth-order valence-corrected chi connectivity index (χ4v) is 3.14. The van der Waals surface area contributed by atoms with E-state index in [0.29, 0.717) is 5.92 Å². The van der Waals surface area contributed by atoms with E-state index >= 15 is 0 Å². The largest absolute Gasteiger partial charge is 0.271 e. The maximum Gasteiger partial charge on any atom is 0.0850 e. The highest BCUT2D eigenvalue weighted by Gasteiger charge is 2.23. The SMILES string of the molecule is CCCCC(CC)C(Cc1c(Cl)c(CC)nn1C)NN. The van der Waals surface area contributed by atoms with Crippen LogP contribution in [0, 0.1) is 5.92 Å². The van der Waals surface area contributed by atoms with E-state index in [2.05, 4.69) is 31.3 Å². The molecule has 20 heavy (non-hydrogen) atoms. The van der Waals surface area contributed by atoms with Crippen LogP contribution in [0.3, 0.4) is 0 Å². The number of hydrogen-bond donors (Lipinski definition) is 2. The predicted octanol–water partition coefficient (Wildman–Crippen LogP) is 3.23. The molecule has 1 aromatic rings. The summed E-state index contributed by atoms with van der Waals surface area (Å²) in [6.07, 6.45) is 6.50. The smallest absolute Gasteiger partial charge is 0.0850 e. The molecule has 0 fully saturated rings. The summed E-state index contributed by atoms with van der Waals surface area (Å²) < 4.78 is 1.90. The Morgan fingerprint density at radius 3 is 2.50 bits per heavy atom. The molecule has 0 aliphatic heterocycles. The third-order valence-electron chi connectivity index (χ3n) is 4.15. The first-order valence-electron chi connectivity index (χ1n) is 7.75. The molecule has 0 spiro atoms. The molecule has 3 N–H and O–H groups in total.